The van der Waals surface area contributed by atoms with E-state index in [2.05, 4.69) is 0 Å². The van der Waals surface area contributed by atoms with Crippen molar-refractivity contribution in [3.63, 3.8) is 0 Å². The van der Waals surface area contributed by atoms with Gasteiger partial charge in [0.15, 0.2) is 5.76 Å². The lowest BCUT2D eigenvalue weighted by atomic mass is 9.81. The van der Waals surface area contributed by atoms with Gasteiger partial charge in [0.1, 0.15) is 64.8 Å². The van der Waals surface area contributed by atoms with E-state index in [1.54, 1.807) is 24.3 Å². The molecular formula is C34H42O14. The Bertz CT molecular complexity index is 1680. The van der Waals surface area contributed by atoms with Crippen LogP contribution >= 0.6 is 0 Å². The van der Waals surface area contributed by atoms with E-state index in [9.17, 15) is 45.6 Å². The fourth-order valence-corrected chi connectivity index (χ4v) is 5.97. The number of hydrogen-bond donors (Lipinski definition) is 8. The van der Waals surface area contributed by atoms with Crippen molar-refractivity contribution in [1.29, 1.82) is 0 Å². The first-order chi connectivity index (χ1) is 22.8. The summed E-state index contributed by atoms with van der Waals surface area (Å²) in [6.45, 7) is 4.68. The summed E-state index contributed by atoms with van der Waals surface area (Å²) in [7, 11) is 1.48. The van der Waals surface area contributed by atoms with E-state index >= 15 is 0 Å². The number of aromatic hydroxyl groups is 1. The van der Waals surface area contributed by atoms with Gasteiger partial charge in [0.2, 0.25) is 17.5 Å². The molecule has 262 valence electrons. The van der Waals surface area contributed by atoms with Gasteiger partial charge in [-0.25, -0.2) is 0 Å². The number of hydrogen-bond acceptors (Lipinski definition) is 14. The number of aliphatic hydroxyl groups is 7. The van der Waals surface area contributed by atoms with Gasteiger partial charge in [0.25, 0.3) is 0 Å². The second-order valence-corrected chi connectivity index (χ2v) is 12.5. The van der Waals surface area contributed by atoms with E-state index in [0.717, 1.165) is 11.6 Å². The molecule has 2 heterocycles. The number of ether oxygens (including phenoxy) is 4. The van der Waals surface area contributed by atoms with Crippen LogP contribution in [0.3, 0.4) is 0 Å². The molecule has 3 aromatic rings. The highest BCUT2D eigenvalue weighted by molar-refractivity contribution is 5.91. The molecule has 2 fully saturated rings. The molecule has 1 aliphatic heterocycles. The summed E-state index contributed by atoms with van der Waals surface area (Å²) in [5, 5.41) is 83.5. The van der Waals surface area contributed by atoms with Crippen LogP contribution in [0.25, 0.3) is 22.3 Å². The minimum atomic E-state index is -1.76. The zero-order chi connectivity index (χ0) is 35.0. The SMILES string of the molecule is COc1ccc(-c2oc3c(CC=C(C)C)c(OC4C[C@@H](CO)[C@H](O)[C@@H](O)[C@@H]4O)cc(O)c3c(=O)c2OC2O[C@H](C)[C@@H](O)[C@H](O)[C@@H]2O)cc1. The standard InChI is InChI=1S/C34H42O14/c1-14(2)5-10-19-21(46-22-11-17(13-35)25(38)29(42)26(22)39)12-20(36)23-27(40)33(48-34-30(43)28(41)24(37)15(3)45-34)31(47-32(19)23)16-6-8-18(44-4)9-7-16/h5-9,12,15,17,22,24-26,28-30,34-39,41-43H,10-11,13H2,1-4H3/t15-,17+,22?,24-,25+,26-,28+,29-,30+,34?/m1/s1. The molecule has 2 aliphatic rings. The van der Waals surface area contributed by atoms with Crippen LogP contribution in [0.1, 0.15) is 32.8 Å². The van der Waals surface area contributed by atoms with E-state index in [0.29, 0.717) is 11.3 Å². The van der Waals surface area contributed by atoms with E-state index < -0.39 is 84.6 Å². The molecule has 0 radical (unpaired) electrons. The van der Waals surface area contributed by atoms with Crippen LogP contribution in [-0.4, -0.2) is 110 Å². The van der Waals surface area contributed by atoms with Gasteiger partial charge in [-0.05, 0) is 57.9 Å². The van der Waals surface area contributed by atoms with Crippen molar-refractivity contribution in [2.24, 2.45) is 5.92 Å². The fraction of sp³-hybridized carbons (Fsp3) is 0.500. The third-order valence-corrected chi connectivity index (χ3v) is 8.89. The molecule has 1 saturated heterocycles. The van der Waals surface area contributed by atoms with E-state index in [-0.39, 0.29) is 40.9 Å². The molecule has 0 bridgehead atoms. The largest absolute Gasteiger partial charge is 0.507 e. The molecule has 2 unspecified atom stereocenters. The number of aliphatic hydroxyl groups excluding tert-OH is 7. The van der Waals surface area contributed by atoms with Gasteiger partial charge in [-0.3, -0.25) is 4.79 Å². The van der Waals surface area contributed by atoms with Crippen molar-refractivity contribution in [3.05, 3.63) is 57.8 Å². The maximum absolute atomic E-state index is 14.3. The zero-order valence-corrected chi connectivity index (χ0v) is 26.9. The number of methoxy groups -OCH3 is 1. The lowest BCUT2D eigenvalue weighted by Gasteiger charge is -2.40. The first-order valence-electron chi connectivity index (χ1n) is 15.6. The highest BCUT2D eigenvalue weighted by atomic mass is 16.7. The van der Waals surface area contributed by atoms with Crippen LogP contribution in [0.2, 0.25) is 0 Å². The van der Waals surface area contributed by atoms with Crippen molar-refractivity contribution in [2.45, 2.75) is 88.7 Å². The first kappa shape index (κ1) is 35.6. The number of fused-ring (bicyclic) bond motifs is 1. The molecule has 1 aromatic heterocycles. The Morgan fingerprint density at radius 2 is 1.60 bits per heavy atom. The highest BCUT2D eigenvalue weighted by Gasteiger charge is 2.45. The van der Waals surface area contributed by atoms with Crippen molar-refractivity contribution >= 4 is 11.0 Å². The maximum atomic E-state index is 14.3. The molecule has 10 atom stereocenters. The minimum Gasteiger partial charge on any atom is -0.507 e. The Balaban J connectivity index is 1.71. The Hall–Kier alpha value is -3.73. The van der Waals surface area contributed by atoms with Crippen LogP contribution in [0, 0.1) is 5.92 Å². The van der Waals surface area contributed by atoms with Gasteiger partial charge in [-0.15, -0.1) is 0 Å². The Labute approximate surface area is 275 Å². The lowest BCUT2D eigenvalue weighted by molar-refractivity contribution is -0.268. The third kappa shape index (κ3) is 6.75. The summed E-state index contributed by atoms with van der Waals surface area (Å²) in [4.78, 5) is 14.3. The highest BCUT2D eigenvalue weighted by Crippen LogP contribution is 2.42. The number of rotatable bonds is 9. The Kier molecular flexibility index (Phi) is 10.7. The van der Waals surface area contributed by atoms with Crippen molar-refractivity contribution in [3.8, 4) is 34.3 Å². The summed E-state index contributed by atoms with van der Waals surface area (Å²) in [5.74, 6) is -1.47. The third-order valence-electron chi connectivity index (χ3n) is 8.89. The topological polar surface area (TPSA) is 229 Å². The average molecular weight is 675 g/mol. The number of phenolic OH excluding ortho intramolecular Hbond substituents is 1. The molecule has 5 rings (SSSR count). The number of benzene rings is 2. The lowest BCUT2D eigenvalue weighted by Crippen LogP contribution is -2.58. The molecule has 0 spiro atoms. The van der Waals surface area contributed by atoms with Gasteiger partial charge in [0.05, 0.1) is 19.3 Å². The molecule has 48 heavy (non-hydrogen) atoms. The number of allylic oxidation sites excluding steroid dienone is 2. The second kappa shape index (κ2) is 14.4. The van der Waals surface area contributed by atoms with Gasteiger partial charge >= 0.3 is 0 Å². The molecule has 1 saturated carbocycles. The normalized spacial score (nSPS) is 30.6. The van der Waals surface area contributed by atoms with Gasteiger partial charge in [-0.2, -0.15) is 0 Å². The maximum Gasteiger partial charge on any atom is 0.239 e. The van der Waals surface area contributed by atoms with Crippen LogP contribution in [0.4, 0.5) is 0 Å². The van der Waals surface area contributed by atoms with Gasteiger partial charge in [-0.1, -0.05) is 11.6 Å². The van der Waals surface area contributed by atoms with Crippen LogP contribution in [0.5, 0.6) is 23.0 Å². The smallest absolute Gasteiger partial charge is 0.239 e. The molecule has 14 nitrogen and oxygen atoms in total. The fourth-order valence-electron chi connectivity index (χ4n) is 5.97. The van der Waals surface area contributed by atoms with Crippen molar-refractivity contribution in [2.75, 3.05) is 13.7 Å². The predicted molar refractivity (Wildman–Crippen MR) is 170 cm³/mol. The van der Waals surface area contributed by atoms with E-state index in [4.69, 9.17) is 23.4 Å². The van der Waals surface area contributed by atoms with E-state index in [1.807, 2.05) is 19.9 Å². The Morgan fingerprint density at radius 3 is 2.23 bits per heavy atom. The molecule has 14 heteroatoms. The minimum absolute atomic E-state index is 0.0105. The molecule has 8 N–H and O–H groups in total. The van der Waals surface area contributed by atoms with Crippen LogP contribution in [-0.2, 0) is 11.2 Å². The van der Waals surface area contributed by atoms with Gasteiger partial charge < -0.3 is 64.2 Å². The molecule has 0 amide bonds. The summed E-state index contributed by atoms with van der Waals surface area (Å²) in [5.41, 5.74) is 0.564. The first-order valence-corrected chi connectivity index (χ1v) is 15.6. The summed E-state index contributed by atoms with van der Waals surface area (Å²) in [6, 6.07) is 7.56. The zero-order valence-electron chi connectivity index (χ0n) is 26.9. The summed E-state index contributed by atoms with van der Waals surface area (Å²) < 4.78 is 29.3. The quantitative estimate of drug-likeness (QED) is 0.146. The van der Waals surface area contributed by atoms with E-state index in [1.165, 1.54) is 14.0 Å². The van der Waals surface area contributed by atoms with Crippen molar-refractivity contribution < 1.29 is 64.2 Å². The number of phenols is 1. The van der Waals surface area contributed by atoms with Crippen LogP contribution < -0.4 is 19.6 Å². The monoisotopic (exact) mass is 674 g/mol. The summed E-state index contributed by atoms with van der Waals surface area (Å²) in [6.07, 6.45) is -11.2. The Morgan fingerprint density at radius 1 is 0.938 bits per heavy atom. The van der Waals surface area contributed by atoms with Gasteiger partial charge in [0, 0.05) is 29.7 Å². The summed E-state index contributed by atoms with van der Waals surface area (Å²) >= 11 is 0. The molecule has 2 aromatic carbocycles. The van der Waals surface area contributed by atoms with Crippen molar-refractivity contribution in [1.82, 2.24) is 0 Å². The molecule has 1 aliphatic carbocycles. The van der Waals surface area contributed by atoms with Crippen LogP contribution in [0.15, 0.2) is 51.2 Å². The predicted octanol–water partition coefficient (Wildman–Crippen LogP) is 0.731. The average Bonchev–Trinajstić information content (AvgIpc) is 3.06. The second-order valence-electron chi connectivity index (χ2n) is 12.5. The molecular weight excluding hydrogens is 632 g/mol.